The van der Waals surface area contributed by atoms with E-state index in [2.05, 4.69) is 6.58 Å². The third-order valence-electron chi connectivity index (χ3n) is 1.67. The molecule has 0 radical (unpaired) electrons. The molecule has 0 spiro atoms. The molecule has 1 aromatic rings. The summed E-state index contributed by atoms with van der Waals surface area (Å²) < 4.78 is 4.84. The van der Waals surface area contributed by atoms with Gasteiger partial charge >= 0.3 is 0 Å². The highest BCUT2D eigenvalue weighted by Gasteiger charge is 2.11. The highest BCUT2D eigenvalue weighted by molar-refractivity contribution is 6.06. The van der Waals surface area contributed by atoms with E-state index in [1.54, 1.807) is 12.1 Å². The SMILES string of the molecule is C=CC(=O)c1cccc(OC)c1O. The number of carbonyl (C=O) groups is 1. The first-order valence-electron chi connectivity index (χ1n) is 3.73. The van der Waals surface area contributed by atoms with Crippen LogP contribution in [0.3, 0.4) is 0 Å². The van der Waals surface area contributed by atoms with Gasteiger partial charge in [-0.2, -0.15) is 0 Å². The van der Waals surface area contributed by atoms with Gasteiger partial charge < -0.3 is 9.84 Å². The van der Waals surface area contributed by atoms with Gasteiger partial charge in [0.05, 0.1) is 12.7 Å². The van der Waals surface area contributed by atoms with Crippen LogP contribution in [0, 0.1) is 0 Å². The number of ether oxygens (including phenoxy) is 1. The third-order valence-corrected chi connectivity index (χ3v) is 1.67. The molecule has 3 heteroatoms. The number of methoxy groups -OCH3 is 1. The van der Waals surface area contributed by atoms with Crippen LogP contribution in [0.15, 0.2) is 30.9 Å². The van der Waals surface area contributed by atoms with Crippen LogP contribution in [-0.2, 0) is 0 Å². The zero-order valence-corrected chi connectivity index (χ0v) is 7.28. The number of phenolic OH excluding ortho intramolecular Hbond substituents is 1. The summed E-state index contributed by atoms with van der Waals surface area (Å²) in [6.45, 7) is 3.33. The van der Waals surface area contributed by atoms with E-state index >= 15 is 0 Å². The Bertz CT molecular complexity index is 342. The highest BCUT2D eigenvalue weighted by Crippen LogP contribution is 2.29. The molecular formula is C10H10O3. The average Bonchev–Trinajstić information content (AvgIpc) is 2.17. The summed E-state index contributed by atoms with van der Waals surface area (Å²) in [5.41, 5.74) is 0.203. The van der Waals surface area contributed by atoms with E-state index < -0.39 is 0 Å². The number of benzene rings is 1. The number of carbonyl (C=O) groups excluding carboxylic acids is 1. The molecule has 0 unspecified atom stereocenters. The van der Waals surface area contributed by atoms with Crippen molar-refractivity contribution in [2.45, 2.75) is 0 Å². The van der Waals surface area contributed by atoms with Gasteiger partial charge in [0.2, 0.25) is 0 Å². The van der Waals surface area contributed by atoms with Crippen molar-refractivity contribution in [2.24, 2.45) is 0 Å². The first kappa shape index (κ1) is 9.32. The van der Waals surface area contributed by atoms with Crippen LogP contribution in [-0.4, -0.2) is 18.0 Å². The summed E-state index contributed by atoms with van der Waals surface area (Å²) in [7, 11) is 1.43. The number of hydrogen-bond acceptors (Lipinski definition) is 3. The second-order valence-electron chi connectivity index (χ2n) is 2.42. The number of para-hydroxylation sites is 1. The van der Waals surface area contributed by atoms with Gasteiger partial charge in [-0.05, 0) is 18.2 Å². The summed E-state index contributed by atoms with van der Waals surface area (Å²) in [6, 6.07) is 4.73. The monoisotopic (exact) mass is 178 g/mol. The van der Waals surface area contributed by atoms with Crippen LogP contribution < -0.4 is 4.74 Å². The van der Waals surface area contributed by atoms with Crippen molar-refractivity contribution < 1.29 is 14.6 Å². The Labute approximate surface area is 76.3 Å². The fraction of sp³-hybridized carbons (Fsp3) is 0.100. The minimum atomic E-state index is -0.323. The topological polar surface area (TPSA) is 46.5 Å². The maximum absolute atomic E-state index is 11.2. The Hall–Kier alpha value is -1.77. The third kappa shape index (κ3) is 1.69. The van der Waals surface area contributed by atoms with Gasteiger partial charge in [0.25, 0.3) is 0 Å². The number of aromatic hydroxyl groups is 1. The zero-order chi connectivity index (χ0) is 9.84. The molecule has 0 amide bonds. The van der Waals surface area contributed by atoms with Gasteiger partial charge in [0, 0.05) is 0 Å². The van der Waals surface area contributed by atoms with Crippen molar-refractivity contribution in [2.75, 3.05) is 7.11 Å². The molecule has 68 valence electrons. The standard InChI is InChI=1S/C10H10O3/c1-3-8(11)7-5-4-6-9(13-2)10(7)12/h3-6,12H,1H2,2H3. The van der Waals surface area contributed by atoms with E-state index in [0.717, 1.165) is 6.08 Å². The van der Waals surface area contributed by atoms with E-state index in [9.17, 15) is 9.90 Å². The lowest BCUT2D eigenvalue weighted by atomic mass is 10.1. The second-order valence-corrected chi connectivity index (χ2v) is 2.42. The van der Waals surface area contributed by atoms with Crippen molar-refractivity contribution in [1.82, 2.24) is 0 Å². The fourth-order valence-electron chi connectivity index (χ4n) is 0.996. The molecule has 1 rings (SSSR count). The van der Waals surface area contributed by atoms with Crippen molar-refractivity contribution in [3.63, 3.8) is 0 Å². The Kier molecular flexibility index (Phi) is 2.69. The quantitative estimate of drug-likeness (QED) is 0.566. The molecule has 1 N–H and O–H groups in total. The maximum Gasteiger partial charge on any atom is 0.189 e. The molecule has 0 saturated heterocycles. The molecule has 0 aliphatic heterocycles. The Morgan fingerprint density at radius 2 is 2.31 bits per heavy atom. The summed E-state index contributed by atoms with van der Waals surface area (Å²) >= 11 is 0. The predicted octanol–water partition coefficient (Wildman–Crippen LogP) is 1.77. The fourth-order valence-corrected chi connectivity index (χ4v) is 0.996. The van der Waals surface area contributed by atoms with E-state index in [4.69, 9.17) is 4.74 Å². The van der Waals surface area contributed by atoms with Gasteiger partial charge in [0.15, 0.2) is 17.3 Å². The van der Waals surface area contributed by atoms with E-state index in [1.807, 2.05) is 0 Å². The minimum absolute atomic E-state index is 0.144. The molecule has 0 atom stereocenters. The van der Waals surface area contributed by atoms with Crippen LogP contribution in [0.4, 0.5) is 0 Å². The number of allylic oxidation sites excluding steroid dienone is 1. The predicted molar refractivity (Wildman–Crippen MR) is 49.2 cm³/mol. The first-order chi connectivity index (χ1) is 6.20. The van der Waals surface area contributed by atoms with E-state index in [0.29, 0.717) is 0 Å². The van der Waals surface area contributed by atoms with Crippen molar-refractivity contribution in [3.8, 4) is 11.5 Å². The second kappa shape index (κ2) is 3.76. The van der Waals surface area contributed by atoms with Crippen molar-refractivity contribution >= 4 is 5.78 Å². The lowest BCUT2D eigenvalue weighted by Gasteiger charge is -2.05. The zero-order valence-electron chi connectivity index (χ0n) is 7.28. The summed E-state index contributed by atoms with van der Waals surface area (Å²) in [6.07, 6.45) is 1.15. The van der Waals surface area contributed by atoms with Gasteiger partial charge in [0.1, 0.15) is 0 Å². The van der Waals surface area contributed by atoms with Crippen LogP contribution >= 0.6 is 0 Å². The molecule has 0 aliphatic rings. The largest absolute Gasteiger partial charge is 0.504 e. The van der Waals surface area contributed by atoms with Crippen LogP contribution in [0.2, 0.25) is 0 Å². The molecule has 0 aromatic heterocycles. The number of ketones is 1. The molecule has 0 aliphatic carbocycles. The highest BCUT2D eigenvalue weighted by atomic mass is 16.5. The van der Waals surface area contributed by atoms with Gasteiger partial charge in [-0.1, -0.05) is 12.6 Å². The Morgan fingerprint density at radius 3 is 2.85 bits per heavy atom. The van der Waals surface area contributed by atoms with Crippen LogP contribution in [0.5, 0.6) is 11.5 Å². The molecule has 0 heterocycles. The molecule has 0 saturated carbocycles. The molecule has 0 bridgehead atoms. The van der Waals surface area contributed by atoms with Crippen LogP contribution in [0.1, 0.15) is 10.4 Å². The van der Waals surface area contributed by atoms with Gasteiger partial charge in [-0.25, -0.2) is 0 Å². The summed E-state index contributed by atoms with van der Waals surface area (Å²) in [5.74, 6) is -0.181. The molecular weight excluding hydrogens is 168 g/mol. The summed E-state index contributed by atoms with van der Waals surface area (Å²) in [5, 5.41) is 9.50. The average molecular weight is 178 g/mol. The lowest BCUT2D eigenvalue weighted by molar-refractivity contribution is 0.104. The van der Waals surface area contributed by atoms with Crippen LogP contribution in [0.25, 0.3) is 0 Å². The molecule has 0 fully saturated rings. The van der Waals surface area contributed by atoms with Gasteiger partial charge in [-0.3, -0.25) is 4.79 Å². The van der Waals surface area contributed by atoms with Crippen molar-refractivity contribution in [1.29, 1.82) is 0 Å². The Balaban J connectivity index is 3.22. The smallest absolute Gasteiger partial charge is 0.189 e. The molecule has 3 nitrogen and oxygen atoms in total. The summed E-state index contributed by atoms with van der Waals surface area (Å²) in [4.78, 5) is 11.2. The van der Waals surface area contributed by atoms with Crippen molar-refractivity contribution in [3.05, 3.63) is 36.4 Å². The minimum Gasteiger partial charge on any atom is -0.504 e. The maximum atomic E-state index is 11.2. The molecule has 13 heavy (non-hydrogen) atoms. The first-order valence-corrected chi connectivity index (χ1v) is 3.73. The number of rotatable bonds is 3. The van der Waals surface area contributed by atoms with Gasteiger partial charge in [-0.15, -0.1) is 0 Å². The van der Waals surface area contributed by atoms with E-state index in [1.165, 1.54) is 13.2 Å². The normalized spacial score (nSPS) is 9.31. The Morgan fingerprint density at radius 1 is 1.62 bits per heavy atom. The van der Waals surface area contributed by atoms with E-state index in [-0.39, 0.29) is 22.8 Å². The lowest BCUT2D eigenvalue weighted by Crippen LogP contribution is -1.95. The molecule has 1 aromatic carbocycles. The number of hydrogen-bond donors (Lipinski definition) is 1. The number of phenols is 1.